The molecule has 4 rings (SSSR count). The third kappa shape index (κ3) is 1.44. The Bertz CT molecular complexity index is 381. The Hall–Kier alpha value is -0.450. The summed E-state index contributed by atoms with van der Waals surface area (Å²) in [6.45, 7) is 5.78. The lowest BCUT2D eigenvalue weighted by atomic mass is 9.73. The molecule has 0 radical (unpaired) electrons. The number of aromatic nitrogens is 1. The molecule has 3 aliphatic rings. The van der Waals surface area contributed by atoms with E-state index in [1.54, 1.807) is 0 Å². The summed E-state index contributed by atoms with van der Waals surface area (Å²) in [6, 6.07) is 0. The van der Waals surface area contributed by atoms with E-state index in [0.717, 1.165) is 18.2 Å². The number of hydrogen-bond donors (Lipinski definition) is 1. The SMILES string of the molecule is CNC1(c2nc(C)cs2)CN2CCC1CC2. The van der Waals surface area contributed by atoms with Crippen molar-refractivity contribution in [2.75, 3.05) is 26.7 Å². The van der Waals surface area contributed by atoms with E-state index < -0.39 is 0 Å². The van der Waals surface area contributed by atoms with Crippen molar-refractivity contribution in [1.82, 2.24) is 15.2 Å². The fourth-order valence-electron chi connectivity index (χ4n) is 3.26. The van der Waals surface area contributed by atoms with E-state index in [4.69, 9.17) is 4.98 Å². The second-order valence-corrected chi connectivity index (χ2v) is 5.92. The second kappa shape index (κ2) is 3.79. The monoisotopic (exact) mass is 237 g/mol. The van der Waals surface area contributed by atoms with Gasteiger partial charge >= 0.3 is 0 Å². The van der Waals surface area contributed by atoms with Crippen LogP contribution in [0.4, 0.5) is 0 Å². The Morgan fingerprint density at radius 3 is 2.69 bits per heavy atom. The summed E-state index contributed by atoms with van der Waals surface area (Å²) in [5.74, 6) is 0.771. The van der Waals surface area contributed by atoms with E-state index in [-0.39, 0.29) is 5.54 Å². The highest BCUT2D eigenvalue weighted by atomic mass is 32.1. The Labute approximate surface area is 101 Å². The van der Waals surface area contributed by atoms with E-state index >= 15 is 0 Å². The van der Waals surface area contributed by atoms with Crippen molar-refractivity contribution in [3.8, 4) is 0 Å². The smallest absolute Gasteiger partial charge is 0.115 e. The summed E-state index contributed by atoms with van der Waals surface area (Å²) < 4.78 is 0. The molecule has 0 aliphatic carbocycles. The maximum absolute atomic E-state index is 4.73. The third-order valence-corrected chi connectivity index (χ3v) is 5.34. The second-order valence-electron chi connectivity index (χ2n) is 5.07. The lowest BCUT2D eigenvalue weighted by molar-refractivity contribution is 0.00746. The normalized spacial score (nSPS) is 37.9. The molecule has 1 atom stereocenters. The van der Waals surface area contributed by atoms with Gasteiger partial charge in [0.1, 0.15) is 5.01 Å². The van der Waals surface area contributed by atoms with Crippen LogP contribution in [0.25, 0.3) is 0 Å². The summed E-state index contributed by atoms with van der Waals surface area (Å²) >= 11 is 1.82. The largest absolute Gasteiger partial charge is 0.307 e. The molecule has 16 heavy (non-hydrogen) atoms. The molecule has 3 saturated heterocycles. The molecule has 4 heterocycles. The van der Waals surface area contributed by atoms with Crippen LogP contribution in [0, 0.1) is 12.8 Å². The van der Waals surface area contributed by atoms with Crippen LogP contribution in [0.1, 0.15) is 23.5 Å². The van der Waals surface area contributed by atoms with Crippen LogP contribution < -0.4 is 5.32 Å². The van der Waals surface area contributed by atoms with Gasteiger partial charge in [-0.05, 0) is 45.8 Å². The van der Waals surface area contributed by atoms with Gasteiger partial charge < -0.3 is 10.2 Å². The van der Waals surface area contributed by atoms with Crippen LogP contribution in [-0.2, 0) is 5.54 Å². The number of aryl methyl sites for hydroxylation is 1. The number of nitrogens with one attached hydrogen (secondary N) is 1. The van der Waals surface area contributed by atoms with Gasteiger partial charge in [-0.2, -0.15) is 0 Å². The van der Waals surface area contributed by atoms with Crippen LogP contribution in [0.3, 0.4) is 0 Å². The summed E-state index contributed by atoms with van der Waals surface area (Å²) in [7, 11) is 2.10. The number of fused-ring (bicyclic) bond motifs is 3. The number of likely N-dealkylation sites (N-methyl/N-ethyl adjacent to an activating group) is 1. The van der Waals surface area contributed by atoms with Gasteiger partial charge in [-0.25, -0.2) is 4.98 Å². The van der Waals surface area contributed by atoms with E-state index in [1.807, 2.05) is 11.3 Å². The molecular formula is C12H19N3S. The molecule has 0 aromatic carbocycles. The molecule has 4 heteroatoms. The lowest BCUT2D eigenvalue weighted by Crippen LogP contribution is -2.62. The molecule has 88 valence electrons. The molecule has 1 aromatic rings. The molecule has 1 aromatic heterocycles. The van der Waals surface area contributed by atoms with Crippen molar-refractivity contribution >= 4 is 11.3 Å². The first-order chi connectivity index (χ1) is 7.74. The first-order valence-electron chi connectivity index (χ1n) is 6.08. The zero-order valence-corrected chi connectivity index (χ0v) is 10.8. The molecule has 3 nitrogen and oxygen atoms in total. The van der Waals surface area contributed by atoms with Crippen molar-refractivity contribution in [2.24, 2.45) is 5.92 Å². The zero-order chi connectivity index (χ0) is 11.2. The van der Waals surface area contributed by atoms with Crippen molar-refractivity contribution in [3.63, 3.8) is 0 Å². The van der Waals surface area contributed by atoms with Gasteiger partial charge in [0.2, 0.25) is 0 Å². The molecule has 0 amide bonds. The first kappa shape index (κ1) is 10.7. The van der Waals surface area contributed by atoms with Crippen molar-refractivity contribution in [1.29, 1.82) is 0 Å². The quantitative estimate of drug-likeness (QED) is 0.846. The summed E-state index contributed by atoms with van der Waals surface area (Å²) in [5.41, 5.74) is 1.29. The summed E-state index contributed by atoms with van der Waals surface area (Å²) in [6.07, 6.45) is 2.64. The van der Waals surface area contributed by atoms with Crippen LogP contribution in [0.15, 0.2) is 5.38 Å². The Morgan fingerprint density at radius 1 is 1.50 bits per heavy atom. The maximum atomic E-state index is 4.73. The molecule has 0 spiro atoms. The molecule has 1 unspecified atom stereocenters. The van der Waals surface area contributed by atoms with Crippen LogP contribution in [0.2, 0.25) is 0 Å². The van der Waals surface area contributed by atoms with Crippen molar-refractivity contribution < 1.29 is 0 Å². The molecule has 3 aliphatic heterocycles. The van der Waals surface area contributed by atoms with Crippen molar-refractivity contribution in [2.45, 2.75) is 25.3 Å². The van der Waals surface area contributed by atoms with Gasteiger partial charge in [0.05, 0.1) is 5.54 Å². The van der Waals surface area contributed by atoms with Gasteiger partial charge in [-0.1, -0.05) is 0 Å². The minimum Gasteiger partial charge on any atom is -0.307 e. The van der Waals surface area contributed by atoms with Gasteiger partial charge in [0.25, 0.3) is 0 Å². The molecule has 3 fully saturated rings. The van der Waals surface area contributed by atoms with E-state index in [1.165, 1.54) is 30.9 Å². The number of hydrogen-bond acceptors (Lipinski definition) is 4. The average molecular weight is 237 g/mol. The standard InChI is InChI=1S/C12H19N3S/c1-9-7-16-11(14-9)12(13-2)8-15-5-3-10(12)4-6-15/h7,10,13H,3-6,8H2,1-2H3. The lowest BCUT2D eigenvalue weighted by Gasteiger charge is -2.52. The van der Waals surface area contributed by atoms with Crippen molar-refractivity contribution in [3.05, 3.63) is 16.1 Å². The maximum Gasteiger partial charge on any atom is 0.115 e. The molecular weight excluding hydrogens is 218 g/mol. The minimum absolute atomic E-state index is 0.134. The fraction of sp³-hybridized carbons (Fsp3) is 0.750. The van der Waals surface area contributed by atoms with Gasteiger partial charge in [0.15, 0.2) is 0 Å². The van der Waals surface area contributed by atoms with E-state index in [0.29, 0.717) is 0 Å². The number of rotatable bonds is 2. The topological polar surface area (TPSA) is 28.2 Å². The van der Waals surface area contributed by atoms with Crippen LogP contribution >= 0.6 is 11.3 Å². The van der Waals surface area contributed by atoms with Crippen LogP contribution in [-0.4, -0.2) is 36.6 Å². The summed E-state index contributed by atoms with van der Waals surface area (Å²) in [4.78, 5) is 7.30. The highest BCUT2D eigenvalue weighted by molar-refractivity contribution is 7.09. The van der Waals surface area contributed by atoms with E-state index in [2.05, 4.69) is 29.6 Å². The van der Waals surface area contributed by atoms with E-state index in [9.17, 15) is 0 Å². The Morgan fingerprint density at radius 2 is 2.25 bits per heavy atom. The molecule has 1 N–H and O–H groups in total. The molecule has 0 saturated carbocycles. The highest BCUT2D eigenvalue weighted by Crippen LogP contribution is 2.43. The van der Waals surface area contributed by atoms with Crippen LogP contribution in [0.5, 0.6) is 0 Å². The van der Waals surface area contributed by atoms with Gasteiger partial charge in [-0.15, -0.1) is 11.3 Å². The number of piperidine rings is 3. The summed E-state index contributed by atoms with van der Waals surface area (Å²) in [5, 5.41) is 7.05. The van der Waals surface area contributed by atoms with Gasteiger partial charge in [-0.3, -0.25) is 0 Å². The Kier molecular flexibility index (Phi) is 2.53. The van der Waals surface area contributed by atoms with Gasteiger partial charge in [0, 0.05) is 17.6 Å². The zero-order valence-electron chi connectivity index (χ0n) is 9.99. The fourth-order valence-corrected chi connectivity index (χ4v) is 4.33. The number of thiazole rings is 1. The molecule has 2 bridgehead atoms. The minimum atomic E-state index is 0.134. The predicted molar refractivity (Wildman–Crippen MR) is 66.8 cm³/mol. The average Bonchev–Trinajstić information content (AvgIpc) is 2.77. The highest BCUT2D eigenvalue weighted by Gasteiger charge is 2.48. The first-order valence-corrected chi connectivity index (χ1v) is 6.96. The Balaban J connectivity index is 1.99. The number of nitrogens with zero attached hydrogens (tertiary/aromatic N) is 2. The predicted octanol–water partition coefficient (Wildman–Crippen LogP) is 1.59. The third-order valence-electron chi connectivity index (χ3n) is 4.20.